The summed E-state index contributed by atoms with van der Waals surface area (Å²) in [5.74, 6) is 0. The van der Waals surface area contributed by atoms with Crippen LogP contribution in [0.1, 0.15) is 37.7 Å². The maximum absolute atomic E-state index is 6.70. The van der Waals surface area contributed by atoms with E-state index in [-0.39, 0.29) is 5.31 Å². The van der Waals surface area contributed by atoms with Gasteiger partial charge in [-0.15, -0.1) is 0 Å². The number of pyridine rings is 1. The average Bonchev–Trinajstić information content (AvgIpc) is 3.19. The van der Waals surface area contributed by atoms with E-state index in [1.807, 2.05) is 6.20 Å². The summed E-state index contributed by atoms with van der Waals surface area (Å²) >= 11 is 0. The lowest BCUT2D eigenvalue weighted by Gasteiger charge is -2.34. The van der Waals surface area contributed by atoms with Crippen LogP contribution < -0.4 is 0 Å². The molecule has 3 aromatic carbocycles. The molecule has 2 aromatic heterocycles. The normalized spacial score (nSPS) is 16.4. The molecular weight excluding hydrogens is 365 g/mol. The number of furan rings is 1. The summed E-state index contributed by atoms with van der Waals surface area (Å²) in [5.41, 5.74) is 4.90. The summed E-state index contributed by atoms with van der Waals surface area (Å²) < 4.78 is 6.35. The minimum atomic E-state index is -0.228. The van der Waals surface area contributed by atoms with Crippen LogP contribution in [0.4, 0.5) is 0 Å². The molecule has 0 atom stereocenters. The smallest absolute Gasteiger partial charge is 0.144 e. The van der Waals surface area contributed by atoms with Crippen LogP contribution in [0, 0.1) is 0 Å². The highest BCUT2D eigenvalue weighted by atomic mass is 16.3. The highest BCUT2D eigenvalue weighted by molar-refractivity contribution is 6.20. The second kappa shape index (κ2) is 6.73. The minimum absolute atomic E-state index is 0.228. The van der Waals surface area contributed by atoms with Gasteiger partial charge in [-0.05, 0) is 39.8 Å². The van der Waals surface area contributed by atoms with E-state index < -0.39 is 0 Å². The van der Waals surface area contributed by atoms with Gasteiger partial charge in [-0.2, -0.15) is 0 Å². The predicted molar refractivity (Wildman–Crippen MR) is 125 cm³/mol. The Kier molecular flexibility index (Phi) is 3.99. The summed E-state index contributed by atoms with van der Waals surface area (Å²) in [7, 11) is 6.70. The zero-order valence-electron chi connectivity index (χ0n) is 16.9. The minimum Gasteiger partial charge on any atom is -0.455 e. The number of hydrogen-bond donors (Lipinski definition) is 0. The van der Waals surface area contributed by atoms with Gasteiger partial charge in [0.15, 0.2) is 0 Å². The Hall–Kier alpha value is -3.07. The molecule has 0 spiro atoms. The van der Waals surface area contributed by atoms with Crippen LogP contribution in [0.2, 0.25) is 0 Å². The second-order valence-corrected chi connectivity index (χ2v) is 8.59. The molecule has 1 aliphatic carbocycles. The molecule has 5 aromatic rings. The highest BCUT2D eigenvalue weighted by Crippen LogP contribution is 2.40. The lowest BCUT2D eigenvalue weighted by atomic mass is 9.57. The third-order valence-corrected chi connectivity index (χ3v) is 6.75. The van der Waals surface area contributed by atoms with Crippen molar-refractivity contribution in [3.05, 3.63) is 78.5 Å². The Morgan fingerprint density at radius 3 is 2.47 bits per heavy atom. The Labute approximate surface area is 177 Å². The standard InChI is InChI=1S/C27H22BNO/c28-27(15-4-1-5-16-27)19-12-13-23(29-17-19)21-9-6-10-22-25-20-8-3-2-7-18(20)11-14-24(25)30-26(21)22/h2-3,6-14,17H,1,4-5,15-16H2. The number of hydrogen-bond acceptors (Lipinski definition) is 2. The van der Waals surface area contributed by atoms with E-state index in [9.17, 15) is 0 Å². The van der Waals surface area contributed by atoms with E-state index in [4.69, 9.17) is 17.2 Å². The molecule has 2 radical (unpaired) electrons. The van der Waals surface area contributed by atoms with Gasteiger partial charge in [0.2, 0.25) is 0 Å². The zero-order valence-corrected chi connectivity index (χ0v) is 16.9. The number of nitrogens with zero attached hydrogens (tertiary/aromatic N) is 1. The lowest BCUT2D eigenvalue weighted by Crippen LogP contribution is -2.29. The molecule has 2 nitrogen and oxygen atoms in total. The van der Waals surface area contributed by atoms with Crippen LogP contribution in [-0.2, 0) is 5.31 Å². The van der Waals surface area contributed by atoms with E-state index in [2.05, 4.69) is 66.7 Å². The summed E-state index contributed by atoms with van der Waals surface area (Å²) in [6.45, 7) is 0. The lowest BCUT2D eigenvalue weighted by molar-refractivity contribution is 0.397. The Bertz CT molecular complexity index is 1380. The molecule has 30 heavy (non-hydrogen) atoms. The van der Waals surface area contributed by atoms with E-state index in [0.29, 0.717) is 0 Å². The van der Waals surface area contributed by atoms with Gasteiger partial charge < -0.3 is 4.42 Å². The molecule has 0 aliphatic heterocycles. The van der Waals surface area contributed by atoms with E-state index in [1.165, 1.54) is 35.4 Å². The molecule has 3 heteroatoms. The molecule has 144 valence electrons. The Morgan fingerprint density at radius 1 is 0.800 bits per heavy atom. The van der Waals surface area contributed by atoms with Crippen molar-refractivity contribution in [2.75, 3.05) is 0 Å². The van der Waals surface area contributed by atoms with Gasteiger partial charge in [-0.3, -0.25) is 4.98 Å². The molecule has 1 saturated carbocycles. The van der Waals surface area contributed by atoms with Gasteiger partial charge in [-0.1, -0.05) is 80.6 Å². The monoisotopic (exact) mass is 387 g/mol. The second-order valence-electron chi connectivity index (χ2n) is 8.59. The van der Waals surface area contributed by atoms with Gasteiger partial charge >= 0.3 is 0 Å². The summed E-state index contributed by atoms with van der Waals surface area (Å²) in [5, 5.41) is 4.52. The summed E-state index contributed by atoms with van der Waals surface area (Å²) in [6, 6.07) is 23.2. The molecule has 6 rings (SSSR count). The van der Waals surface area contributed by atoms with Crippen molar-refractivity contribution in [3.8, 4) is 11.3 Å². The fourth-order valence-electron chi connectivity index (χ4n) is 5.09. The fourth-order valence-corrected chi connectivity index (χ4v) is 5.09. The topological polar surface area (TPSA) is 26.0 Å². The maximum Gasteiger partial charge on any atom is 0.144 e. The van der Waals surface area contributed by atoms with Crippen LogP contribution in [0.25, 0.3) is 44.0 Å². The van der Waals surface area contributed by atoms with Gasteiger partial charge in [0.1, 0.15) is 11.2 Å². The number of fused-ring (bicyclic) bond motifs is 5. The van der Waals surface area contributed by atoms with Crippen molar-refractivity contribution in [2.45, 2.75) is 37.4 Å². The predicted octanol–water partition coefficient (Wildman–Crippen LogP) is 7.13. The quantitative estimate of drug-likeness (QED) is 0.301. The van der Waals surface area contributed by atoms with Gasteiger partial charge in [0, 0.05) is 22.5 Å². The van der Waals surface area contributed by atoms with Crippen LogP contribution in [0.15, 0.2) is 77.3 Å². The molecule has 1 fully saturated rings. The van der Waals surface area contributed by atoms with Gasteiger partial charge in [0.05, 0.1) is 13.5 Å². The van der Waals surface area contributed by atoms with Crippen molar-refractivity contribution < 1.29 is 4.42 Å². The zero-order chi connectivity index (χ0) is 20.1. The number of rotatable bonds is 2. The van der Waals surface area contributed by atoms with E-state index in [0.717, 1.165) is 46.2 Å². The highest BCUT2D eigenvalue weighted by Gasteiger charge is 2.28. The van der Waals surface area contributed by atoms with Crippen LogP contribution in [0.3, 0.4) is 0 Å². The molecule has 0 saturated heterocycles. The maximum atomic E-state index is 6.70. The Balaban J connectivity index is 1.50. The third kappa shape index (κ3) is 2.69. The van der Waals surface area contributed by atoms with Crippen LogP contribution >= 0.6 is 0 Å². The fraction of sp³-hybridized carbons (Fsp3) is 0.222. The summed E-state index contributed by atoms with van der Waals surface area (Å²) in [4.78, 5) is 4.81. The first-order valence-corrected chi connectivity index (χ1v) is 10.8. The Morgan fingerprint density at radius 2 is 1.63 bits per heavy atom. The van der Waals surface area contributed by atoms with Crippen molar-refractivity contribution in [1.82, 2.24) is 4.98 Å². The third-order valence-electron chi connectivity index (χ3n) is 6.75. The van der Waals surface area contributed by atoms with Crippen LogP contribution in [-0.4, -0.2) is 12.8 Å². The first-order chi connectivity index (χ1) is 14.7. The largest absolute Gasteiger partial charge is 0.455 e. The molecule has 0 bridgehead atoms. The van der Waals surface area contributed by atoms with E-state index in [1.54, 1.807) is 0 Å². The first-order valence-electron chi connectivity index (χ1n) is 10.8. The first kappa shape index (κ1) is 17.8. The molecule has 0 unspecified atom stereocenters. The van der Waals surface area contributed by atoms with Crippen molar-refractivity contribution in [3.63, 3.8) is 0 Å². The molecule has 0 N–H and O–H groups in total. The number of aromatic nitrogens is 1. The van der Waals surface area contributed by atoms with Gasteiger partial charge in [0.25, 0.3) is 0 Å². The van der Waals surface area contributed by atoms with Crippen molar-refractivity contribution in [2.24, 2.45) is 0 Å². The van der Waals surface area contributed by atoms with Crippen LogP contribution in [0.5, 0.6) is 0 Å². The average molecular weight is 387 g/mol. The summed E-state index contributed by atoms with van der Waals surface area (Å²) in [6.07, 6.45) is 7.74. The number of benzene rings is 3. The molecular formula is C27H22BNO. The SMILES string of the molecule is [B]C1(c2ccc(-c3cccc4c3oc3ccc5ccccc5c34)nc2)CCCCC1. The van der Waals surface area contributed by atoms with E-state index >= 15 is 0 Å². The molecule has 0 amide bonds. The van der Waals surface area contributed by atoms with Gasteiger partial charge in [-0.25, -0.2) is 0 Å². The molecule has 2 heterocycles. The van der Waals surface area contributed by atoms with Crippen molar-refractivity contribution in [1.29, 1.82) is 0 Å². The molecule has 1 aliphatic rings. The number of para-hydroxylation sites is 1. The van der Waals surface area contributed by atoms with Crippen molar-refractivity contribution >= 4 is 40.6 Å².